The predicted molar refractivity (Wildman–Crippen MR) is 123 cm³/mol. The number of carbonyl (C=O) groups excluding carboxylic acids is 2. The van der Waals surface area contributed by atoms with Crippen LogP contribution in [0.4, 0.5) is 0 Å². The molecule has 10 nitrogen and oxygen atoms in total. The molecule has 33 heavy (non-hydrogen) atoms. The lowest BCUT2D eigenvalue weighted by Gasteiger charge is -2.34. The van der Waals surface area contributed by atoms with Crippen LogP contribution < -0.4 is 5.56 Å². The normalized spacial score (nSPS) is 14.7. The van der Waals surface area contributed by atoms with Crippen molar-refractivity contribution in [2.75, 3.05) is 46.5 Å². The zero-order valence-corrected chi connectivity index (χ0v) is 19.7. The number of nitrogens with one attached hydrogen (secondary N) is 1. The number of nitrogens with zero attached hydrogens (tertiary/aromatic N) is 4. The highest BCUT2D eigenvalue weighted by Crippen LogP contribution is 2.21. The van der Waals surface area contributed by atoms with Crippen molar-refractivity contribution in [3.05, 3.63) is 56.2 Å². The number of fused-ring (bicyclic) bond motifs is 1. The number of aryl methyl sites for hydroxylation is 1. The van der Waals surface area contributed by atoms with Crippen molar-refractivity contribution in [1.29, 1.82) is 0 Å². The van der Waals surface area contributed by atoms with E-state index in [0.29, 0.717) is 66.8 Å². The Hall–Kier alpha value is -3.02. The summed E-state index contributed by atoms with van der Waals surface area (Å²) in [7, 11) is 1.54. The molecule has 4 rings (SSSR count). The van der Waals surface area contributed by atoms with E-state index < -0.39 is 5.97 Å². The first-order chi connectivity index (χ1) is 15.9. The van der Waals surface area contributed by atoms with Crippen LogP contribution in [0.5, 0.6) is 0 Å². The highest BCUT2D eigenvalue weighted by Gasteiger charge is 2.28. The monoisotopic (exact) mass is 473 g/mol. The molecule has 0 aromatic carbocycles. The molecule has 1 amide bonds. The minimum absolute atomic E-state index is 0.0841. The quantitative estimate of drug-likeness (QED) is 0.409. The molecule has 1 fully saturated rings. The van der Waals surface area contributed by atoms with Gasteiger partial charge in [-0.15, -0.1) is 11.3 Å². The number of carbonyl (C=O) groups is 2. The van der Waals surface area contributed by atoms with E-state index in [1.807, 2.05) is 5.38 Å². The van der Waals surface area contributed by atoms with E-state index in [2.05, 4.69) is 14.9 Å². The van der Waals surface area contributed by atoms with Gasteiger partial charge in [-0.05, 0) is 19.4 Å². The van der Waals surface area contributed by atoms with Gasteiger partial charge < -0.3 is 19.4 Å². The summed E-state index contributed by atoms with van der Waals surface area (Å²) in [5, 5.41) is 1.84. The predicted octanol–water partition coefficient (Wildman–Crippen LogP) is 1.46. The van der Waals surface area contributed by atoms with Gasteiger partial charge in [-0.25, -0.2) is 9.78 Å². The number of H-pyrrole nitrogens is 1. The molecule has 0 bridgehead atoms. The highest BCUT2D eigenvalue weighted by molar-refractivity contribution is 7.15. The number of ether oxygens (including phenoxy) is 2. The summed E-state index contributed by atoms with van der Waals surface area (Å²) in [5.41, 5.74) is 2.66. The van der Waals surface area contributed by atoms with Crippen molar-refractivity contribution in [2.24, 2.45) is 0 Å². The van der Waals surface area contributed by atoms with Gasteiger partial charge in [0.15, 0.2) is 4.96 Å². The second-order valence-corrected chi connectivity index (χ2v) is 8.84. The Balaban J connectivity index is 1.38. The fraction of sp³-hybridized carbons (Fsp3) is 0.455. The zero-order chi connectivity index (χ0) is 23.5. The van der Waals surface area contributed by atoms with Crippen LogP contribution in [0.1, 0.15) is 37.8 Å². The number of amides is 1. The molecule has 0 aliphatic carbocycles. The van der Waals surface area contributed by atoms with Crippen LogP contribution in [0.2, 0.25) is 0 Å². The molecule has 3 aromatic heterocycles. The van der Waals surface area contributed by atoms with Crippen molar-refractivity contribution >= 4 is 28.2 Å². The van der Waals surface area contributed by atoms with Gasteiger partial charge in [0.25, 0.3) is 11.5 Å². The summed E-state index contributed by atoms with van der Waals surface area (Å²) in [6, 6.07) is 1.57. The minimum atomic E-state index is -0.465. The number of piperazine rings is 1. The van der Waals surface area contributed by atoms with E-state index >= 15 is 0 Å². The first kappa shape index (κ1) is 23.1. The summed E-state index contributed by atoms with van der Waals surface area (Å²) >= 11 is 1.43. The third-order valence-corrected chi connectivity index (χ3v) is 6.53. The van der Waals surface area contributed by atoms with E-state index in [1.54, 1.807) is 31.0 Å². The number of aromatic amines is 1. The molecule has 1 saturated heterocycles. The van der Waals surface area contributed by atoms with Crippen LogP contribution in [0.3, 0.4) is 0 Å². The molecule has 0 unspecified atom stereocenters. The molecular formula is C22H27N5O5S. The molecule has 0 saturated carbocycles. The number of rotatable bonds is 7. The molecule has 0 radical (unpaired) electrons. The second kappa shape index (κ2) is 9.86. The standard InChI is InChI=1S/C22H27N5O5S/c1-14-18(21(30)32-10-9-31-3)15(2)23-19(14)20(29)26-6-4-25(5-7-26)13-16-12-17(28)27-8-11-33-22(27)24-16/h8,11-12,23H,4-7,9-10,13H2,1-3H3. The molecule has 1 N–H and O–H groups in total. The van der Waals surface area contributed by atoms with Crippen molar-refractivity contribution in [3.63, 3.8) is 0 Å². The lowest BCUT2D eigenvalue weighted by molar-refractivity contribution is 0.0387. The Kier molecular flexibility index (Phi) is 6.91. The molecule has 4 heterocycles. The maximum absolute atomic E-state index is 13.1. The topological polar surface area (TPSA) is 109 Å². The number of hydrogen-bond acceptors (Lipinski definition) is 8. The van der Waals surface area contributed by atoms with Crippen LogP contribution in [0.25, 0.3) is 4.96 Å². The highest BCUT2D eigenvalue weighted by atomic mass is 32.1. The molecule has 0 spiro atoms. The van der Waals surface area contributed by atoms with Crippen molar-refractivity contribution in [1.82, 2.24) is 24.2 Å². The van der Waals surface area contributed by atoms with Gasteiger partial charge in [0.2, 0.25) is 0 Å². The molecule has 1 aliphatic rings. The average Bonchev–Trinajstić information content (AvgIpc) is 3.38. The molecule has 11 heteroatoms. The molecule has 1 aliphatic heterocycles. The molecule has 3 aromatic rings. The fourth-order valence-electron chi connectivity index (χ4n) is 4.03. The van der Waals surface area contributed by atoms with E-state index in [4.69, 9.17) is 9.47 Å². The van der Waals surface area contributed by atoms with E-state index in [-0.39, 0.29) is 18.1 Å². The summed E-state index contributed by atoms with van der Waals surface area (Å²) < 4.78 is 11.7. The Morgan fingerprint density at radius 1 is 1.18 bits per heavy atom. The van der Waals surface area contributed by atoms with E-state index in [1.165, 1.54) is 22.8 Å². The van der Waals surface area contributed by atoms with E-state index in [0.717, 1.165) is 5.69 Å². The van der Waals surface area contributed by atoms with Crippen LogP contribution in [-0.2, 0) is 16.0 Å². The largest absolute Gasteiger partial charge is 0.460 e. The Bertz CT molecular complexity index is 1220. The lowest BCUT2D eigenvalue weighted by Crippen LogP contribution is -2.48. The van der Waals surface area contributed by atoms with Crippen LogP contribution in [0.15, 0.2) is 22.4 Å². The Morgan fingerprint density at radius 2 is 1.94 bits per heavy atom. The van der Waals surface area contributed by atoms with E-state index in [9.17, 15) is 14.4 Å². The van der Waals surface area contributed by atoms with Gasteiger partial charge in [0, 0.05) is 63.2 Å². The van der Waals surface area contributed by atoms with Crippen molar-refractivity contribution in [3.8, 4) is 0 Å². The van der Waals surface area contributed by atoms with Gasteiger partial charge in [0.1, 0.15) is 12.3 Å². The molecule has 0 atom stereocenters. The lowest BCUT2D eigenvalue weighted by atomic mass is 10.1. The van der Waals surface area contributed by atoms with Crippen LogP contribution in [0, 0.1) is 13.8 Å². The smallest absolute Gasteiger partial charge is 0.340 e. The summed E-state index contributed by atoms with van der Waals surface area (Å²) in [6.07, 6.45) is 1.72. The number of hydrogen-bond donors (Lipinski definition) is 1. The Labute approximate surface area is 194 Å². The summed E-state index contributed by atoms with van der Waals surface area (Å²) in [6.45, 7) is 6.97. The van der Waals surface area contributed by atoms with Crippen LogP contribution in [-0.4, -0.2) is 82.5 Å². The molecule has 176 valence electrons. The Morgan fingerprint density at radius 3 is 2.67 bits per heavy atom. The average molecular weight is 474 g/mol. The van der Waals surface area contributed by atoms with Gasteiger partial charge in [-0.2, -0.15) is 0 Å². The van der Waals surface area contributed by atoms with Gasteiger partial charge >= 0.3 is 5.97 Å². The third kappa shape index (κ3) is 4.85. The zero-order valence-electron chi connectivity index (χ0n) is 18.9. The SMILES string of the molecule is COCCOC(=O)c1c(C)[nH]c(C(=O)N2CCN(Cc3cc(=O)n4ccsc4n3)CC2)c1C. The van der Waals surface area contributed by atoms with Gasteiger partial charge in [0.05, 0.1) is 17.9 Å². The second-order valence-electron chi connectivity index (χ2n) is 7.96. The summed E-state index contributed by atoms with van der Waals surface area (Å²) in [5.74, 6) is -0.601. The number of aromatic nitrogens is 3. The maximum Gasteiger partial charge on any atom is 0.340 e. The number of esters is 1. The van der Waals surface area contributed by atoms with Gasteiger partial charge in [-0.3, -0.25) is 18.9 Å². The number of methoxy groups -OCH3 is 1. The van der Waals surface area contributed by atoms with Crippen LogP contribution >= 0.6 is 11.3 Å². The van der Waals surface area contributed by atoms with Gasteiger partial charge in [-0.1, -0.05) is 0 Å². The fourth-order valence-corrected chi connectivity index (χ4v) is 4.76. The maximum atomic E-state index is 13.1. The summed E-state index contributed by atoms with van der Waals surface area (Å²) in [4.78, 5) is 50.0. The first-order valence-electron chi connectivity index (χ1n) is 10.7. The van der Waals surface area contributed by atoms with Crippen molar-refractivity contribution < 1.29 is 19.1 Å². The third-order valence-electron chi connectivity index (χ3n) is 5.78. The number of thiazole rings is 1. The first-order valence-corrected chi connectivity index (χ1v) is 11.6. The molecular weight excluding hydrogens is 446 g/mol. The minimum Gasteiger partial charge on any atom is -0.460 e. The van der Waals surface area contributed by atoms with Crippen molar-refractivity contribution in [2.45, 2.75) is 20.4 Å².